The summed E-state index contributed by atoms with van der Waals surface area (Å²) in [7, 11) is 0. The second-order valence-corrected chi connectivity index (χ2v) is 2.97. The molecule has 0 aromatic heterocycles. The van der Waals surface area contributed by atoms with Crippen LogP contribution in [0.1, 0.15) is 20.8 Å². The molecule has 1 N–H and O–H groups in total. The van der Waals surface area contributed by atoms with Gasteiger partial charge in [-0.15, -0.1) is 0 Å². The van der Waals surface area contributed by atoms with Crippen LogP contribution in [0.25, 0.3) is 0 Å². The summed E-state index contributed by atoms with van der Waals surface area (Å²) >= 11 is 0. The highest BCUT2D eigenvalue weighted by atomic mass is 16.7. The molecule has 0 heterocycles. The Morgan fingerprint density at radius 3 is 2.21 bits per heavy atom. The lowest BCUT2D eigenvalue weighted by molar-refractivity contribution is -0.161. The van der Waals surface area contributed by atoms with Gasteiger partial charge in [-0.2, -0.15) is 0 Å². The molecule has 1 atom stereocenters. The van der Waals surface area contributed by atoms with Crippen molar-refractivity contribution in [3.63, 3.8) is 0 Å². The molecule has 1 unspecified atom stereocenters. The summed E-state index contributed by atoms with van der Waals surface area (Å²) in [6.07, 6.45) is -0.462. The second-order valence-electron chi connectivity index (χ2n) is 2.97. The van der Waals surface area contributed by atoms with Crippen molar-refractivity contribution >= 4 is 0 Å². The molecule has 0 aliphatic rings. The first kappa shape index (κ1) is 13.8. The molecule has 0 spiro atoms. The highest BCUT2D eigenvalue weighted by Crippen LogP contribution is 1.95. The summed E-state index contributed by atoms with van der Waals surface area (Å²) in [5.41, 5.74) is 0. The van der Waals surface area contributed by atoms with E-state index in [0.29, 0.717) is 13.2 Å². The maximum atomic E-state index is 8.87. The molecule has 0 amide bonds. The molecule has 0 saturated heterocycles. The highest BCUT2D eigenvalue weighted by Gasteiger charge is 2.07. The van der Waals surface area contributed by atoms with Crippen molar-refractivity contribution in [1.82, 2.24) is 4.90 Å². The summed E-state index contributed by atoms with van der Waals surface area (Å²) in [6, 6.07) is 0. The Balaban J connectivity index is 3.48. The zero-order chi connectivity index (χ0) is 10.8. The number of aliphatic hydroxyl groups is 1. The Labute approximate surface area is 86.8 Å². The molecule has 0 aliphatic heterocycles. The smallest absolute Gasteiger partial charge is 0.180 e. The molecule has 4 nitrogen and oxygen atoms in total. The first-order valence-corrected chi connectivity index (χ1v) is 5.34. The minimum Gasteiger partial charge on any atom is -0.391 e. The van der Waals surface area contributed by atoms with E-state index in [9.17, 15) is 0 Å². The number of aliphatic hydroxyl groups excluding tert-OH is 1. The van der Waals surface area contributed by atoms with Crippen LogP contribution in [0.3, 0.4) is 0 Å². The quantitative estimate of drug-likeness (QED) is 0.563. The molecule has 0 aromatic carbocycles. The topological polar surface area (TPSA) is 41.9 Å². The maximum Gasteiger partial charge on any atom is 0.180 e. The van der Waals surface area contributed by atoms with Crippen LogP contribution in [0.4, 0.5) is 0 Å². The van der Waals surface area contributed by atoms with Gasteiger partial charge in [-0.1, -0.05) is 13.8 Å². The van der Waals surface area contributed by atoms with Crippen LogP contribution in [0.5, 0.6) is 0 Å². The van der Waals surface area contributed by atoms with Crippen LogP contribution < -0.4 is 0 Å². The predicted octanol–water partition coefficient (Wildman–Crippen LogP) is 0.700. The van der Waals surface area contributed by atoms with Gasteiger partial charge in [0, 0.05) is 13.2 Å². The summed E-state index contributed by atoms with van der Waals surface area (Å²) in [4.78, 5) is 2.26. The summed E-state index contributed by atoms with van der Waals surface area (Å²) in [5.74, 6) is 0. The van der Waals surface area contributed by atoms with Gasteiger partial charge in [-0.3, -0.25) is 0 Å². The average molecular weight is 205 g/mol. The van der Waals surface area contributed by atoms with Gasteiger partial charge in [0.05, 0.1) is 13.2 Å². The van der Waals surface area contributed by atoms with Crippen molar-refractivity contribution in [1.29, 1.82) is 0 Å². The molecule has 0 aromatic rings. The number of hydrogen-bond donors (Lipinski definition) is 1. The maximum absolute atomic E-state index is 8.87. The largest absolute Gasteiger partial charge is 0.391 e. The molecule has 0 bridgehead atoms. The van der Waals surface area contributed by atoms with Crippen molar-refractivity contribution in [3.8, 4) is 0 Å². The lowest BCUT2D eigenvalue weighted by atomic mass is 10.5. The SMILES string of the molecule is CCOC(CO)OCCN(CC)CC. The Morgan fingerprint density at radius 2 is 1.79 bits per heavy atom. The number of rotatable bonds is 9. The van der Waals surface area contributed by atoms with E-state index in [4.69, 9.17) is 14.6 Å². The van der Waals surface area contributed by atoms with E-state index >= 15 is 0 Å². The standard InChI is InChI=1S/C10H23NO3/c1-4-11(5-2)7-8-14-10(9-12)13-6-3/h10,12H,4-9H2,1-3H3. The number of nitrogens with zero attached hydrogens (tertiary/aromatic N) is 1. The van der Waals surface area contributed by atoms with Gasteiger partial charge in [0.25, 0.3) is 0 Å². The molecule has 14 heavy (non-hydrogen) atoms. The normalized spacial score (nSPS) is 13.5. The van der Waals surface area contributed by atoms with E-state index in [1.54, 1.807) is 0 Å². The van der Waals surface area contributed by atoms with Crippen molar-refractivity contribution < 1.29 is 14.6 Å². The van der Waals surface area contributed by atoms with E-state index in [1.165, 1.54) is 0 Å². The van der Waals surface area contributed by atoms with Crippen LogP contribution in [-0.4, -0.2) is 55.8 Å². The fourth-order valence-corrected chi connectivity index (χ4v) is 1.19. The number of likely N-dealkylation sites (N-methyl/N-ethyl adjacent to an activating group) is 1. The van der Waals surface area contributed by atoms with Gasteiger partial charge in [0.1, 0.15) is 0 Å². The lowest BCUT2D eigenvalue weighted by Gasteiger charge is -2.20. The lowest BCUT2D eigenvalue weighted by Crippen LogP contribution is -2.30. The van der Waals surface area contributed by atoms with Crippen LogP contribution in [0, 0.1) is 0 Å². The molecule has 0 fully saturated rings. The van der Waals surface area contributed by atoms with Crippen LogP contribution >= 0.6 is 0 Å². The Hall–Kier alpha value is -0.160. The van der Waals surface area contributed by atoms with E-state index in [1.807, 2.05) is 6.92 Å². The van der Waals surface area contributed by atoms with E-state index in [0.717, 1.165) is 19.6 Å². The van der Waals surface area contributed by atoms with Crippen LogP contribution in [0.2, 0.25) is 0 Å². The first-order valence-electron chi connectivity index (χ1n) is 5.34. The molecular weight excluding hydrogens is 182 g/mol. The average Bonchev–Trinajstić information content (AvgIpc) is 2.23. The minimum absolute atomic E-state index is 0.0773. The Kier molecular flexibility index (Phi) is 9.29. The predicted molar refractivity (Wildman–Crippen MR) is 56.2 cm³/mol. The molecule has 0 radical (unpaired) electrons. The number of ether oxygens (including phenoxy) is 2. The summed E-state index contributed by atoms with van der Waals surface area (Å²) < 4.78 is 10.5. The fourth-order valence-electron chi connectivity index (χ4n) is 1.19. The van der Waals surface area contributed by atoms with Crippen LogP contribution in [0.15, 0.2) is 0 Å². The highest BCUT2D eigenvalue weighted by molar-refractivity contribution is 4.51. The molecule has 0 aliphatic carbocycles. The van der Waals surface area contributed by atoms with E-state index < -0.39 is 6.29 Å². The van der Waals surface area contributed by atoms with Gasteiger partial charge in [0.2, 0.25) is 0 Å². The fraction of sp³-hybridized carbons (Fsp3) is 1.00. The third-order valence-electron chi connectivity index (χ3n) is 2.11. The summed E-state index contributed by atoms with van der Waals surface area (Å²) in [6.45, 7) is 10.2. The molecule has 0 rings (SSSR count). The molecule has 86 valence electrons. The van der Waals surface area contributed by atoms with E-state index in [-0.39, 0.29) is 6.61 Å². The third kappa shape index (κ3) is 6.32. The second kappa shape index (κ2) is 9.40. The van der Waals surface area contributed by atoms with Gasteiger partial charge < -0.3 is 19.5 Å². The Morgan fingerprint density at radius 1 is 1.14 bits per heavy atom. The first-order chi connectivity index (χ1) is 6.78. The third-order valence-corrected chi connectivity index (χ3v) is 2.11. The van der Waals surface area contributed by atoms with Gasteiger partial charge in [0.15, 0.2) is 6.29 Å². The Bertz CT molecular complexity index is 118. The van der Waals surface area contributed by atoms with Gasteiger partial charge in [-0.05, 0) is 20.0 Å². The zero-order valence-electron chi connectivity index (χ0n) is 9.53. The summed E-state index contributed by atoms with van der Waals surface area (Å²) in [5, 5.41) is 8.87. The molecule has 4 heteroatoms. The zero-order valence-corrected chi connectivity index (χ0v) is 9.53. The van der Waals surface area contributed by atoms with Crippen molar-refractivity contribution in [2.75, 3.05) is 39.5 Å². The van der Waals surface area contributed by atoms with Crippen molar-refractivity contribution in [3.05, 3.63) is 0 Å². The molecule has 0 saturated carbocycles. The number of hydrogen-bond acceptors (Lipinski definition) is 4. The monoisotopic (exact) mass is 205 g/mol. The van der Waals surface area contributed by atoms with Gasteiger partial charge in [-0.25, -0.2) is 0 Å². The van der Waals surface area contributed by atoms with E-state index in [2.05, 4.69) is 18.7 Å². The van der Waals surface area contributed by atoms with Crippen molar-refractivity contribution in [2.24, 2.45) is 0 Å². The minimum atomic E-state index is -0.462. The van der Waals surface area contributed by atoms with Gasteiger partial charge >= 0.3 is 0 Å². The van der Waals surface area contributed by atoms with Crippen LogP contribution in [-0.2, 0) is 9.47 Å². The molecular formula is C10H23NO3. The van der Waals surface area contributed by atoms with Crippen molar-refractivity contribution in [2.45, 2.75) is 27.1 Å².